The molecule has 0 saturated heterocycles. The van der Waals surface area contributed by atoms with Gasteiger partial charge < -0.3 is 15.4 Å². The standard InChI is InChI=1S/C23H22N4O2S/c1-12(2)20-17(29-3)10-13(11-26-20)15-5-4-14-16(27-15)6-7-18-19(14)21-22(30-18)23(28)25-9-8-24-21/h4-7,10-12,24H,8-9H2,1-3H3,(H,25,28). The summed E-state index contributed by atoms with van der Waals surface area (Å²) in [6.45, 7) is 5.53. The number of hydrogen-bond donors (Lipinski definition) is 2. The maximum atomic E-state index is 12.4. The lowest BCUT2D eigenvalue weighted by atomic mass is 10.0. The van der Waals surface area contributed by atoms with Crippen molar-refractivity contribution in [2.45, 2.75) is 19.8 Å². The van der Waals surface area contributed by atoms with Crippen molar-refractivity contribution >= 4 is 43.9 Å². The molecule has 30 heavy (non-hydrogen) atoms. The topological polar surface area (TPSA) is 76.1 Å². The van der Waals surface area contributed by atoms with E-state index in [0.717, 1.165) is 54.3 Å². The van der Waals surface area contributed by atoms with E-state index in [1.807, 2.05) is 30.5 Å². The van der Waals surface area contributed by atoms with E-state index < -0.39 is 0 Å². The number of methoxy groups -OCH3 is 1. The first kappa shape index (κ1) is 18.8. The van der Waals surface area contributed by atoms with E-state index in [9.17, 15) is 4.79 Å². The Hall–Kier alpha value is -3.19. The van der Waals surface area contributed by atoms with Gasteiger partial charge in [0.2, 0.25) is 0 Å². The molecule has 0 atom stereocenters. The second-order valence-electron chi connectivity index (χ2n) is 7.66. The van der Waals surface area contributed by atoms with Gasteiger partial charge in [0.1, 0.15) is 10.6 Å². The first-order chi connectivity index (χ1) is 14.6. The molecule has 4 aromatic rings. The lowest BCUT2D eigenvalue weighted by Gasteiger charge is -2.12. The van der Waals surface area contributed by atoms with Crippen molar-refractivity contribution in [3.05, 3.63) is 47.1 Å². The molecule has 0 spiro atoms. The Kier molecular flexibility index (Phi) is 4.55. The van der Waals surface area contributed by atoms with Crippen molar-refractivity contribution in [1.29, 1.82) is 0 Å². The Morgan fingerprint density at radius 2 is 1.97 bits per heavy atom. The van der Waals surface area contributed by atoms with E-state index in [4.69, 9.17) is 9.72 Å². The van der Waals surface area contributed by atoms with Crippen molar-refractivity contribution in [3.63, 3.8) is 0 Å². The van der Waals surface area contributed by atoms with Gasteiger partial charge >= 0.3 is 0 Å². The van der Waals surface area contributed by atoms with Crippen molar-refractivity contribution in [2.75, 3.05) is 25.5 Å². The molecule has 0 bridgehead atoms. The number of fused-ring (bicyclic) bond motifs is 5. The minimum absolute atomic E-state index is 0.0164. The third-order valence-corrected chi connectivity index (χ3v) is 6.54. The van der Waals surface area contributed by atoms with Crippen LogP contribution in [0, 0.1) is 0 Å². The molecular weight excluding hydrogens is 396 g/mol. The molecule has 1 aliphatic rings. The summed E-state index contributed by atoms with van der Waals surface area (Å²) in [4.78, 5) is 22.6. The van der Waals surface area contributed by atoms with Gasteiger partial charge in [-0.2, -0.15) is 0 Å². The molecule has 4 heterocycles. The number of pyridine rings is 2. The summed E-state index contributed by atoms with van der Waals surface area (Å²) in [5.74, 6) is 1.04. The first-order valence-corrected chi connectivity index (χ1v) is 10.8. The molecule has 0 radical (unpaired) electrons. The number of hydrogen-bond acceptors (Lipinski definition) is 6. The number of aromatic nitrogens is 2. The molecule has 1 aliphatic heterocycles. The minimum atomic E-state index is -0.0164. The van der Waals surface area contributed by atoms with Gasteiger partial charge in [0.05, 0.1) is 29.7 Å². The van der Waals surface area contributed by atoms with Gasteiger partial charge in [-0.1, -0.05) is 13.8 Å². The van der Waals surface area contributed by atoms with E-state index in [-0.39, 0.29) is 11.8 Å². The van der Waals surface area contributed by atoms with Gasteiger partial charge in [0, 0.05) is 40.3 Å². The van der Waals surface area contributed by atoms with Crippen LogP contribution in [0.5, 0.6) is 5.75 Å². The Balaban J connectivity index is 1.66. The lowest BCUT2D eigenvalue weighted by Crippen LogP contribution is -2.24. The van der Waals surface area contributed by atoms with Crippen molar-refractivity contribution in [2.24, 2.45) is 0 Å². The summed E-state index contributed by atoms with van der Waals surface area (Å²) in [5.41, 5.74) is 4.50. The Bertz CT molecular complexity index is 1300. The van der Waals surface area contributed by atoms with Crippen molar-refractivity contribution in [3.8, 4) is 17.0 Å². The van der Waals surface area contributed by atoms with E-state index in [0.29, 0.717) is 13.1 Å². The second-order valence-corrected chi connectivity index (χ2v) is 8.71. The molecule has 0 unspecified atom stereocenters. The predicted octanol–water partition coefficient (Wildman–Crippen LogP) is 4.80. The summed E-state index contributed by atoms with van der Waals surface area (Å²) >= 11 is 1.52. The van der Waals surface area contributed by atoms with Gasteiger partial charge in [-0.15, -0.1) is 11.3 Å². The third-order valence-electron chi connectivity index (χ3n) is 5.39. The lowest BCUT2D eigenvalue weighted by molar-refractivity contribution is 0.0962. The largest absolute Gasteiger partial charge is 0.495 e. The molecule has 0 saturated carbocycles. The smallest absolute Gasteiger partial charge is 0.263 e. The van der Waals surface area contributed by atoms with Crippen LogP contribution < -0.4 is 15.4 Å². The molecule has 7 heteroatoms. The summed E-state index contributed by atoms with van der Waals surface area (Å²) in [6, 6.07) is 10.2. The molecular formula is C23H22N4O2S. The van der Waals surface area contributed by atoms with Crippen LogP contribution in [0.1, 0.15) is 35.1 Å². The molecule has 1 amide bonds. The Morgan fingerprint density at radius 1 is 1.13 bits per heavy atom. The Labute approximate surface area is 178 Å². The highest BCUT2D eigenvalue weighted by atomic mass is 32.1. The number of carbonyl (C=O) groups is 1. The number of nitrogens with zero attached hydrogens (tertiary/aromatic N) is 2. The highest BCUT2D eigenvalue weighted by molar-refractivity contribution is 7.21. The second kappa shape index (κ2) is 7.25. The first-order valence-electron chi connectivity index (χ1n) is 9.99. The zero-order chi connectivity index (χ0) is 20.8. The highest BCUT2D eigenvalue weighted by Crippen LogP contribution is 2.41. The van der Waals surface area contributed by atoms with E-state index in [1.54, 1.807) is 7.11 Å². The summed E-state index contributed by atoms with van der Waals surface area (Å²) < 4.78 is 6.63. The molecule has 152 valence electrons. The molecule has 6 nitrogen and oxygen atoms in total. The van der Waals surface area contributed by atoms with Gasteiger partial charge in [-0.25, -0.2) is 4.98 Å². The van der Waals surface area contributed by atoms with Crippen LogP contribution in [-0.2, 0) is 0 Å². The molecule has 1 aromatic carbocycles. The number of anilines is 1. The van der Waals surface area contributed by atoms with Crippen molar-refractivity contribution in [1.82, 2.24) is 15.3 Å². The maximum absolute atomic E-state index is 12.4. The summed E-state index contributed by atoms with van der Waals surface area (Å²) in [5, 5.41) is 8.46. The number of thiophene rings is 1. The van der Waals surface area contributed by atoms with Crippen LogP contribution in [0.15, 0.2) is 36.5 Å². The fourth-order valence-electron chi connectivity index (χ4n) is 3.93. The van der Waals surface area contributed by atoms with E-state index in [1.165, 1.54) is 11.3 Å². The van der Waals surface area contributed by atoms with E-state index in [2.05, 4.69) is 35.5 Å². The van der Waals surface area contributed by atoms with Gasteiger partial charge in [0.15, 0.2) is 0 Å². The molecule has 3 aromatic heterocycles. The molecule has 0 aliphatic carbocycles. The number of rotatable bonds is 3. The van der Waals surface area contributed by atoms with Gasteiger partial charge in [-0.3, -0.25) is 9.78 Å². The highest BCUT2D eigenvalue weighted by Gasteiger charge is 2.22. The average molecular weight is 419 g/mol. The maximum Gasteiger partial charge on any atom is 0.263 e. The van der Waals surface area contributed by atoms with Crippen molar-refractivity contribution < 1.29 is 9.53 Å². The van der Waals surface area contributed by atoms with E-state index >= 15 is 0 Å². The van der Waals surface area contributed by atoms with Gasteiger partial charge in [0.25, 0.3) is 5.91 Å². The number of carbonyl (C=O) groups excluding carboxylic acids is 1. The molecule has 5 rings (SSSR count). The quantitative estimate of drug-likeness (QED) is 0.500. The van der Waals surface area contributed by atoms with Crippen LogP contribution in [-0.4, -0.2) is 36.1 Å². The van der Waals surface area contributed by atoms with Crippen LogP contribution in [0.25, 0.3) is 32.2 Å². The Morgan fingerprint density at radius 3 is 2.77 bits per heavy atom. The number of ether oxygens (including phenoxy) is 1. The normalized spacial score (nSPS) is 13.8. The SMILES string of the molecule is COc1cc(-c2ccc3c(ccc4sc5c(c43)NCCNC5=O)n2)cnc1C(C)C. The fraction of sp³-hybridized carbons (Fsp3) is 0.261. The zero-order valence-corrected chi connectivity index (χ0v) is 17.9. The minimum Gasteiger partial charge on any atom is -0.495 e. The summed E-state index contributed by atoms with van der Waals surface area (Å²) in [7, 11) is 1.67. The van der Waals surface area contributed by atoms with Crippen LogP contribution in [0.2, 0.25) is 0 Å². The monoisotopic (exact) mass is 418 g/mol. The third kappa shape index (κ3) is 2.97. The van der Waals surface area contributed by atoms with Crippen LogP contribution in [0.3, 0.4) is 0 Å². The number of amides is 1. The average Bonchev–Trinajstić information content (AvgIpc) is 3.05. The fourth-order valence-corrected chi connectivity index (χ4v) is 5.04. The molecule has 0 fully saturated rings. The zero-order valence-electron chi connectivity index (χ0n) is 17.1. The van der Waals surface area contributed by atoms with Crippen LogP contribution in [0.4, 0.5) is 5.69 Å². The summed E-state index contributed by atoms with van der Waals surface area (Å²) in [6.07, 6.45) is 1.85. The predicted molar refractivity (Wildman–Crippen MR) is 122 cm³/mol. The van der Waals surface area contributed by atoms with Gasteiger partial charge in [-0.05, 0) is 36.2 Å². The molecule has 2 N–H and O–H groups in total. The van der Waals surface area contributed by atoms with Crippen LogP contribution >= 0.6 is 11.3 Å². The number of nitrogens with one attached hydrogen (secondary N) is 2. The number of benzene rings is 1.